The molecule has 18 heavy (non-hydrogen) atoms. The molecular formula is C14H20ClNO2. The van der Waals surface area contributed by atoms with E-state index in [4.69, 9.17) is 22.1 Å². The first kappa shape index (κ1) is 15.0. The number of esters is 1. The Morgan fingerprint density at radius 2 is 2.17 bits per heavy atom. The van der Waals surface area contributed by atoms with E-state index in [2.05, 4.69) is 0 Å². The van der Waals surface area contributed by atoms with Crippen LogP contribution in [0.2, 0.25) is 5.02 Å². The van der Waals surface area contributed by atoms with E-state index in [0.717, 1.165) is 17.5 Å². The molecule has 0 spiro atoms. The molecule has 0 aromatic heterocycles. The highest BCUT2D eigenvalue weighted by Crippen LogP contribution is 2.28. The molecule has 0 radical (unpaired) electrons. The van der Waals surface area contributed by atoms with Crippen molar-refractivity contribution in [2.75, 3.05) is 7.11 Å². The third-order valence-corrected chi connectivity index (χ3v) is 3.63. The highest BCUT2D eigenvalue weighted by molar-refractivity contribution is 6.31. The van der Waals surface area contributed by atoms with Crippen LogP contribution < -0.4 is 5.73 Å². The second-order valence-electron chi connectivity index (χ2n) is 4.47. The van der Waals surface area contributed by atoms with Gasteiger partial charge in [-0.1, -0.05) is 30.7 Å². The SMILES string of the molecule is CCC(N)C(CC(=O)OC)c1ccc(C)c(Cl)c1. The highest BCUT2D eigenvalue weighted by atomic mass is 35.5. The second kappa shape index (κ2) is 6.76. The maximum absolute atomic E-state index is 11.5. The highest BCUT2D eigenvalue weighted by Gasteiger charge is 2.22. The number of ether oxygens (including phenoxy) is 1. The first-order chi connectivity index (χ1) is 8.49. The van der Waals surface area contributed by atoms with Crippen molar-refractivity contribution in [1.29, 1.82) is 0 Å². The quantitative estimate of drug-likeness (QED) is 0.836. The van der Waals surface area contributed by atoms with Gasteiger partial charge in [0.05, 0.1) is 13.5 Å². The van der Waals surface area contributed by atoms with Gasteiger partial charge in [0.15, 0.2) is 0 Å². The fourth-order valence-corrected chi connectivity index (χ4v) is 2.09. The van der Waals surface area contributed by atoms with Gasteiger partial charge in [0.2, 0.25) is 0 Å². The van der Waals surface area contributed by atoms with Gasteiger partial charge in [-0.25, -0.2) is 0 Å². The van der Waals surface area contributed by atoms with Crippen molar-refractivity contribution < 1.29 is 9.53 Å². The van der Waals surface area contributed by atoms with E-state index < -0.39 is 0 Å². The molecular weight excluding hydrogens is 250 g/mol. The molecule has 4 heteroatoms. The number of carbonyl (C=O) groups is 1. The van der Waals surface area contributed by atoms with Crippen LogP contribution in [0, 0.1) is 6.92 Å². The number of methoxy groups -OCH3 is 1. The number of benzene rings is 1. The molecule has 2 N–H and O–H groups in total. The molecule has 2 atom stereocenters. The van der Waals surface area contributed by atoms with Gasteiger partial charge in [0, 0.05) is 17.0 Å². The fraction of sp³-hybridized carbons (Fsp3) is 0.500. The van der Waals surface area contributed by atoms with Gasteiger partial charge in [0.1, 0.15) is 0 Å². The van der Waals surface area contributed by atoms with Crippen LogP contribution in [0.5, 0.6) is 0 Å². The van der Waals surface area contributed by atoms with Crippen molar-refractivity contribution in [3.05, 3.63) is 34.3 Å². The smallest absolute Gasteiger partial charge is 0.306 e. The minimum atomic E-state index is -0.249. The molecule has 100 valence electrons. The fourth-order valence-electron chi connectivity index (χ4n) is 1.90. The van der Waals surface area contributed by atoms with Crippen LogP contribution in [0.4, 0.5) is 0 Å². The van der Waals surface area contributed by atoms with Crippen LogP contribution in [0.25, 0.3) is 0 Å². The lowest BCUT2D eigenvalue weighted by Gasteiger charge is -2.22. The van der Waals surface area contributed by atoms with Gasteiger partial charge in [-0.15, -0.1) is 0 Å². The Morgan fingerprint density at radius 1 is 1.50 bits per heavy atom. The molecule has 0 fully saturated rings. The molecule has 0 saturated carbocycles. The second-order valence-corrected chi connectivity index (χ2v) is 4.87. The van der Waals surface area contributed by atoms with Crippen molar-refractivity contribution in [3.8, 4) is 0 Å². The lowest BCUT2D eigenvalue weighted by atomic mass is 9.87. The van der Waals surface area contributed by atoms with E-state index >= 15 is 0 Å². The van der Waals surface area contributed by atoms with Crippen LogP contribution >= 0.6 is 11.6 Å². The topological polar surface area (TPSA) is 52.3 Å². The van der Waals surface area contributed by atoms with Crippen LogP contribution in [-0.4, -0.2) is 19.1 Å². The minimum Gasteiger partial charge on any atom is -0.469 e. The first-order valence-electron chi connectivity index (χ1n) is 6.08. The van der Waals surface area contributed by atoms with E-state index in [-0.39, 0.29) is 24.3 Å². The molecule has 0 saturated heterocycles. The van der Waals surface area contributed by atoms with Crippen molar-refractivity contribution in [1.82, 2.24) is 0 Å². The Labute approximate surface area is 113 Å². The summed E-state index contributed by atoms with van der Waals surface area (Å²) in [6.07, 6.45) is 1.08. The molecule has 1 rings (SSSR count). The van der Waals surface area contributed by atoms with Crippen molar-refractivity contribution >= 4 is 17.6 Å². The Hall–Kier alpha value is -1.06. The van der Waals surface area contributed by atoms with Gasteiger partial charge in [-0.3, -0.25) is 4.79 Å². The zero-order valence-electron chi connectivity index (χ0n) is 11.1. The molecule has 0 aliphatic carbocycles. The maximum Gasteiger partial charge on any atom is 0.306 e. The minimum absolute atomic E-state index is 0.0550. The molecule has 1 aromatic carbocycles. The third kappa shape index (κ3) is 3.72. The number of halogens is 1. The van der Waals surface area contributed by atoms with Crippen LogP contribution in [-0.2, 0) is 9.53 Å². The molecule has 3 nitrogen and oxygen atoms in total. The summed E-state index contributed by atoms with van der Waals surface area (Å²) in [6.45, 7) is 3.95. The number of nitrogens with two attached hydrogens (primary N) is 1. The lowest BCUT2D eigenvalue weighted by Crippen LogP contribution is -2.29. The molecule has 2 unspecified atom stereocenters. The summed E-state index contributed by atoms with van der Waals surface area (Å²) in [7, 11) is 1.39. The van der Waals surface area contributed by atoms with Crippen molar-refractivity contribution in [3.63, 3.8) is 0 Å². The summed E-state index contributed by atoms with van der Waals surface area (Å²) in [5.74, 6) is -0.304. The van der Waals surface area contributed by atoms with Gasteiger partial charge in [0.25, 0.3) is 0 Å². The van der Waals surface area contributed by atoms with E-state index in [1.54, 1.807) is 0 Å². The average molecular weight is 270 g/mol. The Kier molecular flexibility index (Phi) is 5.63. The number of carbonyl (C=O) groups excluding carboxylic acids is 1. The van der Waals surface area contributed by atoms with Gasteiger partial charge < -0.3 is 10.5 Å². The zero-order chi connectivity index (χ0) is 13.7. The summed E-state index contributed by atoms with van der Waals surface area (Å²) in [4.78, 5) is 11.5. The predicted octanol–water partition coefficient (Wildman–Crippen LogP) is 3.03. The number of aryl methyl sites for hydroxylation is 1. The van der Waals surface area contributed by atoms with E-state index in [1.807, 2.05) is 32.0 Å². The Bertz CT molecular complexity index is 420. The molecule has 0 bridgehead atoms. The predicted molar refractivity (Wildman–Crippen MR) is 73.8 cm³/mol. The summed E-state index contributed by atoms with van der Waals surface area (Å²) >= 11 is 6.12. The molecule has 0 aliphatic rings. The van der Waals surface area contributed by atoms with Crippen LogP contribution in [0.3, 0.4) is 0 Å². The van der Waals surface area contributed by atoms with Gasteiger partial charge in [-0.05, 0) is 30.5 Å². The van der Waals surface area contributed by atoms with E-state index in [0.29, 0.717) is 5.02 Å². The summed E-state index contributed by atoms with van der Waals surface area (Å²) in [5, 5.41) is 0.700. The van der Waals surface area contributed by atoms with E-state index in [1.165, 1.54) is 7.11 Å². The van der Waals surface area contributed by atoms with Gasteiger partial charge in [-0.2, -0.15) is 0 Å². The average Bonchev–Trinajstić information content (AvgIpc) is 2.38. The maximum atomic E-state index is 11.5. The third-order valence-electron chi connectivity index (χ3n) is 3.23. The first-order valence-corrected chi connectivity index (χ1v) is 6.45. The number of hydrogen-bond acceptors (Lipinski definition) is 3. The Morgan fingerprint density at radius 3 is 2.67 bits per heavy atom. The van der Waals surface area contributed by atoms with Gasteiger partial charge >= 0.3 is 5.97 Å². The number of rotatable bonds is 5. The molecule has 0 aliphatic heterocycles. The van der Waals surface area contributed by atoms with Crippen LogP contribution in [0.1, 0.15) is 36.8 Å². The summed E-state index contributed by atoms with van der Waals surface area (Å²) in [5.41, 5.74) is 8.10. The number of hydrogen-bond donors (Lipinski definition) is 1. The van der Waals surface area contributed by atoms with Crippen molar-refractivity contribution in [2.24, 2.45) is 5.73 Å². The molecule has 1 aromatic rings. The normalized spacial score (nSPS) is 14.1. The monoisotopic (exact) mass is 269 g/mol. The molecule has 0 heterocycles. The van der Waals surface area contributed by atoms with E-state index in [9.17, 15) is 4.79 Å². The zero-order valence-corrected chi connectivity index (χ0v) is 11.8. The standard InChI is InChI=1S/C14H20ClNO2/c1-4-13(16)11(8-14(17)18-3)10-6-5-9(2)12(15)7-10/h5-7,11,13H,4,8,16H2,1-3H3. The molecule has 0 amide bonds. The summed E-state index contributed by atoms with van der Waals surface area (Å²) in [6, 6.07) is 5.73. The largest absolute Gasteiger partial charge is 0.469 e. The van der Waals surface area contributed by atoms with Crippen molar-refractivity contribution in [2.45, 2.75) is 38.6 Å². The Balaban J connectivity index is 3.01. The lowest BCUT2D eigenvalue weighted by molar-refractivity contribution is -0.141. The summed E-state index contributed by atoms with van der Waals surface area (Å²) < 4.78 is 4.72. The van der Waals surface area contributed by atoms with Crippen LogP contribution in [0.15, 0.2) is 18.2 Å².